The number of fused-ring (bicyclic) bond motifs is 1. The van der Waals surface area contributed by atoms with E-state index in [0.29, 0.717) is 23.0 Å². The zero-order valence-corrected chi connectivity index (χ0v) is 23.2. The van der Waals surface area contributed by atoms with E-state index < -0.39 is 5.63 Å². The third-order valence-electron chi connectivity index (χ3n) is 7.85. The maximum Gasteiger partial charge on any atom is 0.336 e. The molecule has 39 heavy (non-hydrogen) atoms. The molecular weight excluding hydrogens is 490 g/mol. The van der Waals surface area contributed by atoms with E-state index in [1.807, 2.05) is 48.5 Å². The zero-order valence-electron chi connectivity index (χ0n) is 23.2. The highest BCUT2D eigenvalue weighted by Gasteiger charge is 2.28. The van der Waals surface area contributed by atoms with Crippen molar-refractivity contribution in [2.24, 2.45) is 5.92 Å². The van der Waals surface area contributed by atoms with Gasteiger partial charge in [-0.2, -0.15) is 0 Å². The van der Waals surface area contributed by atoms with Crippen LogP contribution in [-0.4, -0.2) is 45.9 Å². The van der Waals surface area contributed by atoms with Crippen LogP contribution in [0.25, 0.3) is 22.1 Å². The van der Waals surface area contributed by atoms with E-state index in [1.54, 1.807) is 27.4 Å². The lowest BCUT2D eigenvalue weighted by molar-refractivity contribution is 0.180. The van der Waals surface area contributed by atoms with Gasteiger partial charge in [0.25, 0.3) is 0 Å². The predicted octanol–water partition coefficient (Wildman–Crippen LogP) is 6.74. The number of piperidine rings is 1. The Bertz CT molecular complexity index is 1460. The first-order valence-electron chi connectivity index (χ1n) is 13.7. The summed E-state index contributed by atoms with van der Waals surface area (Å²) in [4.78, 5) is 15.6. The highest BCUT2D eigenvalue weighted by Crippen LogP contribution is 2.46. The fraction of sp³-hybridized carbons (Fsp3) is 0.364. The lowest BCUT2D eigenvalue weighted by atomic mass is 9.85. The quantitative estimate of drug-likeness (QED) is 0.225. The van der Waals surface area contributed by atoms with Crippen molar-refractivity contribution >= 4 is 11.0 Å². The Morgan fingerprint density at radius 2 is 1.69 bits per heavy atom. The molecular formula is C33H37NO5. The molecule has 2 heterocycles. The molecule has 204 valence electrons. The van der Waals surface area contributed by atoms with Gasteiger partial charge in [-0.05, 0) is 61.5 Å². The minimum atomic E-state index is -0.406. The molecule has 0 aliphatic carbocycles. The molecule has 0 amide bonds. The molecule has 0 unspecified atom stereocenters. The molecule has 1 fully saturated rings. The first kappa shape index (κ1) is 26.8. The van der Waals surface area contributed by atoms with Gasteiger partial charge in [-0.25, -0.2) is 4.79 Å². The van der Waals surface area contributed by atoms with Crippen LogP contribution in [0, 0.1) is 5.92 Å². The van der Waals surface area contributed by atoms with Gasteiger partial charge in [-0.15, -0.1) is 0 Å². The van der Waals surface area contributed by atoms with E-state index in [9.17, 15) is 4.79 Å². The highest BCUT2D eigenvalue weighted by molar-refractivity contribution is 6.00. The number of methoxy groups -OCH3 is 3. The van der Waals surface area contributed by atoms with Gasteiger partial charge in [0.05, 0.1) is 26.7 Å². The van der Waals surface area contributed by atoms with Crippen molar-refractivity contribution in [2.45, 2.75) is 32.1 Å². The molecule has 3 aromatic carbocycles. The SMILES string of the molecule is COc1ccc([C@@H](CCN2CCC[C@H](C)C2)c2c(OC)cc(OC)c3c(-c4ccccc4)cc(=O)oc23)cc1. The molecule has 1 saturated heterocycles. The van der Waals surface area contributed by atoms with Crippen LogP contribution in [0.4, 0.5) is 0 Å². The maximum atomic E-state index is 13.0. The molecule has 1 aliphatic rings. The Balaban J connectivity index is 1.72. The zero-order chi connectivity index (χ0) is 27.4. The van der Waals surface area contributed by atoms with Crippen molar-refractivity contribution in [1.29, 1.82) is 0 Å². The number of benzene rings is 3. The van der Waals surface area contributed by atoms with Crippen LogP contribution in [0.5, 0.6) is 17.2 Å². The van der Waals surface area contributed by atoms with Crippen LogP contribution in [0.1, 0.15) is 43.2 Å². The van der Waals surface area contributed by atoms with E-state index in [-0.39, 0.29) is 5.92 Å². The second kappa shape index (κ2) is 12.0. The molecule has 6 nitrogen and oxygen atoms in total. The summed E-state index contributed by atoms with van der Waals surface area (Å²) in [6, 6.07) is 21.5. The number of hydrogen-bond acceptors (Lipinski definition) is 6. The van der Waals surface area contributed by atoms with Crippen molar-refractivity contribution in [3.63, 3.8) is 0 Å². The summed E-state index contributed by atoms with van der Waals surface area (Å²) >= 11 is 0. The topological polar surface area (TPSA) is 61.1 Å². The number of ether oxygens (including phenoxy) is 3. The van der Waals surface area contributed by atoms with E-state index in [0.717, 1.165) is 59.4 Å². The normalized spacial score (nSPS) is 16.7. The van der Waals surface area contributed by atoms with Crippen molar-refractivity contribution in [2.75, 3.05) is 41.0 Å². The largest absolute Gasteiger partial charge is 0.497 e. The van der Waals surface area contributed by atoms with E-state index in [1.165, 1.54) is 12.8 Å². The standard InChI is InChI=1S/C33H37NO5/c1-22-9-8-17-34(21-22)18-16-26(24-12-14-25(36-2)15-13-24)31-28(37-3)20-29(38-4)32-27(19-30(35)39-33(31)32)23-10-6-5-7-11-23/h5-7,10-15,19-20,22,26H,8-9,16-18,21H2,1-4H3/t22-,26+/m0/s1. The minimum absolute atomic E-state index is 0.0781. The number of nitrogens with zero attached hydrogens (tertiary/aromatic N) is 1. The third-order valence-corrected chi connectivity index (χ3v) is 7.85. The van der Waals surface area contributed by atoms with Crippen LogP contribution in [-0.2, 0) is 0 Å². The van der Waals surface area contributed by atoms with E-state index >= 15 is 0 Å². The van der Waals surface area contributed by atoms with Gasteiger partial charge in [0.2, 0.25) is 0 Å². The first-order valence-corrected chi connectivity index (χ1v) is 13.7. The summed E-state index contributed by atoms with van der Waals surface area (Å²) in [6.07, 6.45) is 3.34. The molecule has 0 spiro atoms. The van der Waals surface area contributed by atoms with Crippen LogP contribution in [0.3, 0.4) is 0 Å². The Labute approximate surface area is 230 Å². The summed E-state index contributed by atoms with van der Waals surface area (Å²) in [5.74, 6) is 2.66. The summed E-state index contributed by atoms with van der Waals surface area (Å²) in [7, 11) is 4.96. The molecule has 5 rings (SSSR count). The lowest BCUT2D eigenvalue weighted by Gasteiger charge is -2.32. The first-order chi connectivity index (χ1) is 19.0. The summed E-state index contributed by atoms with van der Waals surface area (Å²) in [5.41, 5.74) is 3.77. The van der Waals surface area contributed by atoms with Crippen molar-refractivity contribution in [3.05, 3.63) is 88.3 Å². The van der Waals surface area contributed by atoms with Crippen molar-refractivity contribution < 1.29 is 18.6 Å². The van der Waals surface area contributed by atoms with Crippen LogP contribution in [0.2, 0.25) is 0 Å². The molecule has 0 radical (unpaired) electrons. The van der Waals surface area contributed by atoms with Gasteiger partial charge in [-0.1, -0.05) is 49.4 Å². The highest BCUT2D eigenvalue weighted by atomic mass is 16.5. The van der Waals surface area contributed by atoms with Crippen molar-refractivity contribution in [1.82, 2.24) is 4.90 Å². The lowest BCUT2D eigenvalue weighted by Crippen LogP contribution is -2.35. The molecule has 1 aliphatic heterocycles. The second-order valence-corrected chi connectivity index (χ2v) is 10.4. The Kier molecular flexibility index (Phi) is 8.22. The fourth-order valence-electron chi connectivity index (χ4n) is 5.93. The molecule has 4 aromatic rings. The maximum absolute atomic E-state index is 13.0. The number of rotatable bonds is 9. The van der Waals surface area contributed by atoms with Crippen molar-refractivity contribution in [3.8, 4) is 28.4 Å². The number of likely N-dealkylation sites (tertiary alicyclic amines) is 1. The predicted molar refractivity (Wildman–Crippen MR) is 155 cm³/mol. The van der Waals surface area contributed by atoms with Gasteiger partial charge in [0, 0.05) is 35.7 Å². The molecule has 2 atom stereocenters. The average molecular weight is 528 g/mol. The second-order valence-electron chi connectivity index (χ2n) is 10.4. The molecule has 6 heteroatoms. The van der Waals surface area contributed by atoms with Gasteiger partial charge in [0.1, 0.15) is 22.8 Å². The Hall–Kier alpha value is -3.77. The summed E-state index contributed by atoms with van der Waals surface area (Å²) < 4.78 is 23.3. The van der Waals surface area contributed by atoms with Gasteiger partial charge in [0.15, 0.2) is 0 Å². The van der Waals surface area contributed by atoms with Crippen LogP contribution < -0.4 is 19.8 Å². The monoisotopic (exact) mass is 527 g/mol. The van der Waals surface area contributed by atoms with E-state index in [4.69, 9.17) is 18.6 Å². The summed E-state index contributed by atoms with van der Waals surface area (Å²) in [5, 5.41) is 0.768. The molecule has 0 saturated carbocycles. The van der Waals surface area contributed by atoms with Gasteiger partial charge < -0.3 is 23.5 Å². The third kappa shape index (κ3) is 5.66. The Morgan fingerprint density at radius 1 is 0.949 bits per heavy atom. The fourth-order valence-corrected chi connectivity index (χ4v) is 5.93. The van der Waals surface area contributed by atoms with Crippen LogP contribution >= 0.6 is 0 Å². The Morgan fingerprint density at radius 3 is 2.36 bits per heavy atom. The van der Waals surface area contributed by atoms with Gasteiger partial charge in [-0.3, -0.25) is 0 Å². The average Bonchev–Trinajstić information content (AvgIpc) is 2.97. The van der Waals surface area contributed by atoms with Gasteiger partial charge >= 0.3 is 5.63 Å². The molecule has 1 aromatic heterocycles. The molecule has 0 N–H and O–H groups in total. The number of hydrogen-bond donors (Lipinski definition) is 0. The molecule has 0 bridgehead atoms. The minimum Gasteiger partial charge on any atom is -0.497 e. The van der Waals surface area contributed by atoms with E-state index in [2.05, 4.69) is 24.0 Å². The summed E-state index contributed by atoms with van der Waals surface area (Å²) in [6.45, 7) is 5.46. The van der Waals surface area contributed by atoms with Crippen LogP contribution in [0.15, 0.2) is 75.9 Å². The smallest absolute Gasteiger partial charge is 0.336 e.